The van der Waals surface area contributed by atoms with Crippen molar-refractivity contribution in [3.05, 3.63) is 0 Å². The van der Waals surface area contributed by atoms with Gasteiger partial charge < -0.3 is 14.2 Å². The Morgan fingerprint density at radius 1 is 0.786 bits per heavy atom. The lowest BCUT2D eigenvalue weighted by molar-refractivity contribution is -0.106. The van der Waals surface area contributed by atoms with E-state index in [0.717, 1.165) is 0 Å². The van der Waals surface area contributed by atoms with E-state index in [9.17, 15) is 5.26 Å². The summed E-state index contributed by atoms with van der Waals surface area (Å²) < 4.78 is 17.7. The van der Waals surface area contributed by atoms with E-state index in [2.05, 4.69) is 26.0 Å². The average molecular weight is 392 g/mol. The second-order valence-electron chi connectivity index (χ2n) is 9.99. The van der Waals surface area contributed by atoms with Gasteiger partial charge in [-0.25, -0.2) is 0 Å². The highest BCUT2D eigenvalue weighted by atomic mass is 16.5. The summed E-state index contributed by atoms with van der Waals surface area (Å²) in [5.41, 5.74) is -1.79. The van der Waals surface area contributed by atoms with Crippen LogP contribution in [0.4, 0.5) is 0 Å². The summed E-state index contributed by atoms with van der Waals surface area (Å²) in [6.07, 6.45) is 1.01. The molecule has 6 nitrogen and oxygen atoms in total. The Morgan fingerprint density at radius 2 is 1.36 bits per heavy atom. The van der Waals surface area contributed by atoms with Crippen LogP contribution < -0.4 is 0 Å². The second kappa shape index (κ2) is 10.8. The van der Waals surface area contributed by atoms with Crippen LogP contribution in [0.2, 0.25) is 0 Å². The monoisotopic (exact) mass is 391 g/mol. The molecule has 0 spiro atoms. The van der Waals surface area contributed by atoms with E-state index in [0.29, 0.717) is 32.7 Å². The largest absolute Gasteiger partial charge is 0.374 e. The highest BCUT2D eigenvalue weighted by Gasteiger charge is 2.37. The molecule has 0 aromatic carbocycles. The third kappa shape index (κ3) is 10.6. The van der Waals surface area contributed by atoms with Crippen molar-refractivity contribution in [3.63, 3.8) is 0 Å². The zero-order chi connectivity index (χ0) is 22.1. The molecule has 6 heteroatoms. The van der Waals surface area contributed by atoms with Crippen molar-refractivity contribution in [2.24, 2.45) is 16.7 Å². The Labute approximate surface area is 171 Å². The van der Waals surface area contributed by atoms with Crippen molar-refractivity contribution in [2.75, 3.05) is 26.4 Å². The van der Waals surface area contributed by atoms with Crippen LogP contribution in [0.3, 0.4) is 0 Å². The molecule has 0 fully saturated rings. The minimum Gasteiger partial charge on any atom is -0.374 e. The van der Waals surface area contributed by atoms with Crippen LogP contribution in [-0.4, -0.2) is 37.6 Å². The van der Waals surface area contributed by atoms with E-state index in [1.54, 1.807) is 0 Å². The Hall–Kier alpha value is -1.65. The van der Waals surface area contributed by atoms with Crippen molar-refractivity contribution >= 4 is 0 Å². The van der Waals surface area contributed by atoms with E-state index < -0.39 is 16.6 Å². The van der Waals surface area contributed by atoms with Crippen LogP contribution in [0.15, 0.2) is 0 Å². The summed E-state index contributed by atoms with van der Waals surface area (Å²) in [4.78, 5) is 0. The molecule has 0 radical (unpaired) electrons. The zero-order valence-electron chi connectivity index (χ0n) is 18.9. The number of nitriles is 3. The first kappa shape index (κ1) is 26.4. The van der Waals surface area contributed by atoms with E-state index in [1.807, 2.05) is 47.6 Å². The molecule has 0 aliphatic rings. The molecule has 0 N–H and O–H groups in total. The van der Waals surface area contributed by atoms with E-state index in [1.165, 1.54) is 0 Å². The van der Waals surface area contributed by atoms with Crippen LogP contribution in [0.5, 0.6) is 0 Å². The van der Waals surface area contributed by atoms with Gasteiger partial charge in [-0.2, -0.15) is 15.8 Å². The number of hydrogen-bond donors (Lipinski definition) is 0. The number of hydrogen-bond acceptors (Lipinski definition) is 6. The Bertz CT molecular complexity index is 604. The predicted octanol–water partition coefficient (Wildman–Crippen LogP) is 4.61. The molecule has 0 aromatic heterocycles. The van der Waals surface area contributed by atoms with Crippen molar-refractivity contribution < 1.29 is 14.2 Å². The molecule has 0 aliphatic heterocycles. The van der Waals surface area contributed by atoms with Gasteiger partial charge in [0.05, 0.1) is 61.1 Å². The maximum Gasteiger partial charge on any atom is 0.133 e. The van der Waals surface area contributed by atoms with Gasteiger partial charge >= 0.3 is 0 Å². The fourth-order valence-corrected chi connectivity index (χ4v) is 2.61. The number of rotatable bonds is 13. The molecule has 28 heavy (non-hydrogen) atoms. The molecule has 0 amide bonds. The summed E-state index contributed by atoms with van der Waals surface area (Å²) in [6.45, 7) is 17.0. The molecule has 1 unspecified atom stereocenters. The van der Waals surface area contributed by atoms with Gasteiger partial charge in [-0.05, 0) is 59.3 Å². The molecule has 0 rings (SSSR count). The molecular weight excluding hydrogens is 354 g/mol. The van der Waals surface area contributed by atoms with Gasteiger partial charge in [0.15, 0.2) is 0 Å². The SMILES string of the molecule is CC(C)(C#N)COC(C)(C)CC(COCC#N)C(C)(C)COC(C)(C)CC#N. The molecule has 0 heterocycles. The minimum absolute atomic E-state index is 0.0378. The van der Waals surface area contributed by atoms with Gasteiger partial charge in [-0.1, -0.05) is 13.8 Å². The van der Waals surface area contributed by atoms with E-state index in [-0.39, 0.29) is 17.9 Å². The topological polar surface area (TPSA) is 99.1 Å². The van der Waals surface area contributed by atoms with Crippen molar-refractivity contribution in [3.8, 4) is 18.2 Å². The van der Waals surface area contributed by atoms with Crippen molar-refractivity contribution in [2.45, 2.75) is 79.4 Å². The summed E-state index contributed by atoms with van der Waals surface area (Å²) in [5.74, 6) is 0.0685. The first-order valence-electron chi connectivity index (χ1n) is 9.71. The Kier molecular flexibility index (Phi) is 10.1. The summed E-state index contributed by atoms with van der Waals surface area (Å²) >= 11 is 0. The highest BCUT2D eigenvalue weighted by Crippen LogP contribution is 2.37. The third-order valence-corrected chi connectivity index (χ3v) is 4.79. The Morgan fingerprint density at radius 3 is 1.86 bits per heavy atom. The third-order valence-electron chi connectivity index (χ3n) is 4.79. The lowest BCUT2D eigenvalue weighted by Gasteiger charge is -2.41. The Balaban J connectivity index is 5.21. The van der Waals surface area contributed by atoms with Crippen LogP contribution in [0.25, 0.3) is 0 Å². The number of ether oxygens (including phenoxy) is 3. The van der Waals surface area contributed by atoms with Crippen molar-refractivity contribution in [1.29, 1.82) is 15.8 Å². The zero-order valence-corrected chi connectivity index (χ0v) is 18.9. The molecule has 0 aliphatic carbocycles. The number of nitrogens with zero attached hydrogens (tertiary/aromatic N) is 3. The van der Waals surface area contributed by atoms with Gasteiger partial charge in [0.1, 0.15) is 6.61 Å². The fourth-order valence-electron chi connectivity index (χ4n) is 2.61. The summed E-state index contributed by atoms with van der Waals surface area (Å²) in [6, 6.07) is 6.42. The average Bonchev–Trinajstić information content (AvgIpc) is 2.58. The van der Waals surface area contributed by atoms with E-state index in [4.69, 9.17) is 24.7 Å². The lowest BCUT2D eigenvalue weighted by atomic mass is 9.74. The second-order valence-corrected chi connectivity index (χ2v) is 9.99. The molecule has 158 valence electrons. The smallest absolute Gasteiger partial charge is 0.133 e. The minimum atomic E-state index is -0.552. The molecule has 0 saturated heterocycles. The molecule has 0 bridgehead atoms. The van der Waals surface area contributed by atoms with Crippen LogP contribution >= 0.6 is 0 Å². The highest BCUT2D eigenvalue weighted by molar-refractivity contribution is 4.93. The van der Waals surface area contributed by atoms with Crippen LogP contribution in [-0.2, 0) is 14.2 Å². The van der Waals surface area contributed by atoms with Gasteiger partial charge in [-0.15, -0.1) is 0 Å². The normalized spacial score (nSPS) is 14.0. The molecular formula is C22H37N3O3. The predicted molar refractivity (Wildman–Crippen MR) is 108 cm³/mol. The first-order valence-corrected chi connectivity index (χ1v) is 9.71. The lowest BCUT2D eigenvalue weighted by Crippen LogP contribution is -2.41. The van der Waals surface area contributed by atoms with Gasteiger partial charge in [0, 0.05) is 0 Å². The quantitative estimate of drug-likeness (QED) is 0.425. The maximum absolute atomic E-state index is 9.22. The maximum atomic E-state index is 9.22. The van der Waals surface area contributed by atoms with Gasteiger partial charge in [0.25, 0.3) is 0 Å². The first-order chi connectivity index (χ1) is 12.7. The fraction of sp³-hybridized carbons (Fsp3) is 0.864. The molecule has 0 aromatic rings. The molecule has 0 saturated carbocycles. The van der Waals surface area contributed by atoms with Crippen LogP contribution in [0, 0.1) is 50.7 Å². The van der Waals surface area contributed by atoms with Gasteiger partial charge in [-0.3, -0.25) is 0 Å². The summed E-state index contributed by atoms with van der Waals surface area (Å²) in [7, 11) is 0. The van der Waals surface area contributed by atoms with Crippen molar-refractivity contribution in [1.82, 2.24) is 0 Å². The standard InChI is InChI=1S/C22H37N3O3/c1-19(2,15-25)16-27-22(7,8)13-18(14-26-12-11-24)20(3,4)17-28-21(5,6)9-10-23/h18H,9,12-14,16-17H2,1-8H3. The van der Waals surface area contributed by atoms with Gasteiger partial charge in [0.2, 0.25) is 0 Å². The molecule has 1 atom stereocenters. The van der Waals surface area contributed by atoms with E-state index >= 15 is 0 Å². The summed E-state index contributed by atoms with van der Waals surface area (Å²) in [5, 5.41) is 27.0. The van der Waals surface area contributed by atoms with Crippen LogP contribution in [0.1, 0.15) is 68.2 Å².